The topological polar surface area (TPSA) is 111 Å². The van der Waals surface area contributed by atoms with E-state index in [1.165, 1.54) is 30.3 Å². The van der Waals surface area contributed by atoms with Crippen LogP contribution in [0.25, 0.3) is 11.4 Å². The van der Waals surface area contributed by atoms with Crippen molar-refractivity contribution in [2.45, 2.75) is 13.5 Å². The maximum Gasteiger partial charge on any atom is 0.338 e. The molecule has 8 nitrogen and oxygen atoms in total. The largest absolute Gasteiger partial charge is 0.452 e. The molecule has 0 bridgehead atoms. The normalized spacial score (nSPS) is 11.2. The van der Waals surface area contributed by atoms with Crippen LogP contribution in [0.2, 0.25) is 0 Å². The number of nitrogens with zero attached hydrogens (tertiary/aromatic N) is 2. The highest BCUT2D eigenvalue weighted by Gasteiger charge is 2.14. The Bertz CT molecular complexity index is 1130. The van der Waals surface area contributed by atoms with Crippen LogP contribution >= 0.6 is 0 Å². The van der Waals surface area contributed by atoms with Crippen molar-refractivity contribution < 1.29 is 26.9 Å². The molecule has 0 unspecified atom stereocenters. The molecule has 3 aromatic rings. The van der Waals surface area contributed by atoms with Crippen molar-refractivity contribution >= 4 is 21.7 Å². The fourth-order valence-corrected chi connectivity index (χ4v) is 2.85. The Balaban J connectivity index is 1.66. The van der Waals surface area contributed by atoms with Gasteiger partial charge in [-0.25, -0.2) is 17.6 Å². The average Bonchev–Trinajstić information content (AvgIpc) is 3.10. The number of hydrogen-bond donors (Lipinski definition) is 1. The van der Waals surface area contributed by atoms with Gasteiger partial charge in [0.15, 0.2) is 6.61 Å². The van der Waals surface area contributed by atoms with E-state index in [0.717, 1.165) is 6.26 Å². The van der Waals surface area contributed by atoms with Crippen LogP contribution in [0, 0.1) is 12.7 Å². The Kier molecular flexibility index (Phi) is 5.41. The Hall–Kier alpha value is -3.27. The molecule has 0 radical (unpaired) electrons. The first-order valence-corrected chi connectivity index (χ1v) is 9.94. The van der Waals surface area contributed by atoms with Crippen molar-refractivity contribution in [3.8, 4) is 11.4 Å². The van der Waals surface area contributed by atoms with Gasteiger partial charge in [-0.2, -0.15) is 4.98 Å². The smallest absolute Gasteiger partial charge is 0.338 e. The van der Waals surface area contributed by atoms with E-state index in [1.54, 1.807) is 19.1 Å². The molecule has 3 rings (SSSR count). The molecule has 0 amide bonds. The predicted octanol–water partition coefficient (Wildman–Crippen LogP) is 2.91. The SMILES string of the molecule is Cc1ccc(-c2noc(COC(=O)c3cccc(NS(C)(=O)=O)c3)n2)cc1F. The highest BCUT2D eigenvalue weighted by atomic mass is 32.2. The second-order valence-electron chi connectivity index (χ2n) is 6.01. The van der Waals surface area contributed by atoms with Gasteiger partial charge >= 0.3 is 5.97 Å². The zero-order valence-corrected chi connectivity index (χ0v) is 15.8. The van der Waals surface area contributed by atoms with Crippen LogP contribution in [0.15, 0.2) is 47.0 Å². The summed E-state index contributed by atoms with van der Waals surface area (Å²) in [6.07, 6.45) is 1.01. The second kappa shape index (κ2) is 7.77. The van der Waals surface area contributed by atoms with Crippen LogP contribution in [-0.2, 0) is 21.4 Å². The third-order valence-corrected chi connectivity index (χ3v) is 4.23. The average molecular weight is 405 g/mol. The molecule has 2 aromatic carbocycles. The zero-order valence-electron chi connectivity index (χ0n) is 15.0. The molecule has 1 heterocycles. The van der Waals surface area contributed by atoms with Crippen molar-refractivity contribution in [1.82, 2.24) is 10.1 Å². The number of anilines is 1. The van der Waals surface area contributed by atoms with Gasteiger partial charge in [0.1, 0.15) is 5.82 Å². The fourth-order valence-electron chi connectivity index (χ4n) is 2.30. The van der Waals surface area contributed by atoms with E-state index in [1.807, 2.05) is 0 Å². The minimum absolute atomic E-state index is 0.0368. The molecular formula is C18H16FN3O5S. The number of nitrogens with one attached hydrogen (secondary N) is 1. The first kappa shape index (κ1) is 19.5. The number of carbonyl (C=O) groups is 1. The Morgan fingerprint density at radius 3 is 2.75 bits per heavy atom. The van der Waals surface area contributed by atoms with Gasteiger partial charge in [0, 0.05) is 11.3 Å². The number of sulfonamides is 1. The lowest BCUT2D eigenvalue weighted by molar-refractivity contribution is 0.0430. The molecule has 0 spiro atoms. The van der Waals surface area contributed by atoms with E-state index in [-0.39, 0.29) is 29.6 Å². The van der Waals surface area contributed by atoms with Gasteiger partial charge in [-0.1, -0.05) is 23.4 Å². The van der Waals surface area contributed by atoms with Gasteiger partial charge in [-0.15, -0.1) is 0 Å². The molecule has 28 heavy (non-hydrogen) atoms. The molecule has 0 saturated heterocycles. The summed E-state index contributed by atoms with van der Waals surface area (Å²) in [5, 5.41) is 3.74. The van der Waals surface area contributed by atoms with Gasteiger partial charge < -0.3 is 9.26 Å². The van der Waals surface area contributed by atoms with E-state index in [9.17, 15) is 17.6 Å². The monoisotopic (exact) mass is 405 g/mol. The minimum Gasteiger partial charge on any atom is -0.452 e. The van der Waals surface area contributed by atoms with Crippen LogP contribution in [-0.4, -0.2) is 30.8 Å². The van der Waals surface area contributed by atoms with E-state index < -0.39 is 21.8 Å². The summed E-state index contributed by atoms with van der Waals surface area (Å²) < 4.78 is 48.6. The first-order chi connectivity index (χ1) is 13.2. The number of aryl methyl sites for hydroxylation is 1. The number of hydrogen-bond acceptors (Lipinski definition) is 7. The number of rotatable bonds is 6. The summed E-state index contributed by atoms with van der Waals surface area (Å²) in [6, 6.07) is 10.4. The number of carbonyl (C=O) groups excluding carboxylic acids is 1. The van der Waals surface area contributed by atoms with Crippen LogP contribution in [0.5, 0.6) is 0 Å². The summed E-state index contributed by atoms with van der Waals surface area (Å²) in [5.74, 6) is -0.879. The summed E-state index contributed by atoms with van der Waals surface area (Å²) in [6.45, 7) is 1.35. The Morgan fingerprint density at radius 2 is 2.04 bits per heavy atom. The van der Waals surface area contributed by atoms with Gasteiger partial charge in [0.25, 0.3) is 5.89 Å². The minimum atomic E-state index is -3.47. The molecule has 1 aromatic heterocycles. The third kappa shape index (κ3) is 4.92. The molecule has 146 valence electrons. The molecule has 0 atom stereocenters. The third-order valence-electron chi connectivity index (χ3n) is 3.63. The molecule has 0 saturated carbocycles. The van der Waals surface area contributed by atoms with E-state index >= 15 is 0 Å². The van der Waals surface area contributed by atoms with Crippen molar-refractivity contribution in [1.29, 1.82) is 0 Å². The number of ether oxygens (including phenoxy) is 1. The Morgan fingerprint density at radius 1 is 1.25 bits per heavy atom. The molecular weight excluding hydrogens is 389 g/mol. The molecule has 1 N–H and O–H groups in total. The maximum absolute atomic E-state index is 13.7. The quantitative estimate of drug-likeness (QED) is 0.628. The molecule has 0 aliphatic rings. The molecule has 10 heteroatoms. The van der Waals surface area contributed by atoms with E-state index in [0.29, 0.717) is 11.1 Å². The summed E-state index contributed by atoms with van der Waals surface area (Å²) in [7, 11) is -3.47. The van der Waals surface area contributed by atoms with Crippen molar-refractivity contribution in [3.63, 3.8) is 0 Å². The first-order valence-electron chi connectivity index (χ1n) is 8.05. The summed E-state index contributed by atoms with van der Waals surface area (Å²) in [4.78, 5) is 16.2. The van der Waals surface area contributed by atoms with Crippen molar-refractivity contribution in [2.24, 2.45) is 0 Å². The lowest BCUT2D eigenvalue weighted by atomic mass is 10.1. The number of esters is 1. The van der Waals surface area contributed by atoms with Crippen LogP contribution < -0.4 is 4.72 Å². The van der Waals surface area contributed by atoms with Crippen LogP contribution in [0.3, 0.4) is 0 Å². The number of aromatic nitrogens is 2. The van der Waals surface area contributed by atoms with Gasteiger partial charge in [-0.3, -0.25) is 4.72 Å². The van der Waals surface area contributed by atoms with E-state index in [4.69, 9.17) is 9.26 Å². The lowest BCUT2D eigenvalue weighted by Crippen LogP contribution is -2.11. The second-order valence-corrected chi connectivity index (χ2v) is 7.76. The Labute approximate surface area is 160 Å². The van der Waals surface area contributed by atoms with Crippen molar-refractivity contribution in [2.75, 3.05) is 11.0 Å². The van der Waals surface area contributed by atoms with Gasteiger partial charge in [-0.05, 0) is 36.8 Å². The lowest BCUT2D eigenvalue weighted by Gasteiger charge is -2.06. The molecule has 0 aliphatic heterocycles. The maximum atomic E-state index is 13.7. The van der Waals surface area contributed by atoms with Gasteiger partial charge in [0.2, 0.25) is 15.8 Å². The summed E-state index contributed by atoms with van der Waals surface area (Å²) >= 11 is 0. The van der Waals surface area contributed by atoms with E-state index in [2.05, 4.69) is 14.9 Å². The highest BCUT2D eigenvalue weighted by Crippen LogP contribution is 2.19. The zero-order chi connectivity index (χ0) is 20.3. The van der Waals surface area contributed by atoms with Gasteiger partial charge in [0.05, 0.1) is 11.8 Å². The number of benzene rings is 2. The summed E-state index contributed by atoms with van der Waals surface area (Å²) in [5.41, 5.74) is 1.31. The molecule has 0 fully saturated rings. The molecule has 0 aliphatic carbocycles. The highest BCUT2D eigenvalue weighted by molar-refractivity contribution is 7.92. The number of halogens is 1. The predicted molar refractivity (Wildman–Crippen MR) is 98.5 cm³/mol. The van der Waals surface area contributed by atoms with Crippen LogP contribution in [0.4, 0.5) is 10.1 Å². The van der Waals surface area contributed by atoms with Crippen molar-refractivity contribution in [3.05, 3.63) is 65.3 Å². The fraction of sp³-hybridized carbons (Fsp3) is 0.167. The van der Waals surface area contributed by atoms with Crippen LogP contribution in [0.1, 0.15) is 21.8 Å². The standard InChI is InChI=1S/C18H16FN3O5S/c1-11-6-7-12(9-15(11)19)17-20-16(27-21-17)10-26-18(23)13-4-3-5-14(8-13)22-28(2,24)25/h3-9,22H,10H2,1-2H3.